The van der Waals surface area contributed by atoms with Crippen LogP contribution >= 0.6 is 15.9 Å². The standard InChI is InChI=1S/C20H23BrN2O3/c21-18-12-11-17(26-18)20(25)23-16-9-7-15(8-10-16)19(24)22-13-3-6-14-4-1-2-5-14/h7-12,14H,1-6,13H2,(H,22,24)(H,23,25). The summed E-state index contributed by atoms with van der Waals surface area (Å²) >= 11 is 3.16. The maximum atomic E-state index is 12.2. The Bertz CT molecular complexity index is 749. The van der Waals surface area contributed by atoms with E-state index in [2.05, 4.69) is 26.6 Å². The van der Waals surface area contributed by atoms with Crippen LogP contribution in [0, 0.1) is 5.92 Å². The van der Waals surface area contributed by atoms with Gasteiger partial charge in [0.2, 0.25) is 0 Å². The highest BCUT2D eigenvalue weighted by Gasteiger charge is 2.14. The minimum Gasteiger partial charge on any atom is -0.444 e. The van der Waals surface area contributed by atoms with Crippen molar-refractivity contribution in [3.05, 3.63) is 52.4 Å². The Kier molecular flexibility index (Phi) is 6.50. The van der Waals surface area contributed by atoms with Crippen LogP contribution in [0.25, 0.3) is 0 Å². The number of anilines is 1. The average Bonchev–Trinajstić information content (AvgIpc) is 3.31. The van der Waals surface area contributed by atoms with Crippen molar-refractivity contribution < 1.29 is 14.0 Å². The quantitative estimate of drug-likeness (QED) is 0.621. The number of benzene rings is 1. The first-order chi connectivity index (χ1) is 12.6. The second-order valence-electron chi connectivity index (χ2n) is 6.68. The van der Waals surface area contributed by atoms with Crippen LogP contribution in [0.2, 0.25) is 0 Å². The normalized spacial score (nSPS) is 14.3. The number of rotatable bonds is 7. The van der Waals surface area contributed by atoms with Gasteiger partial charge in [0.15, 0.2) is 10.4 Å². The predicted octanol–water partition coefficient (Wildman–Crippen LogP) is 4.99. The summed E-state index contributed by atoms with van der Waals surface area (Å²) in [5.41, 5.74) is 1.20. The van der Waals surface area contributed by atoms with Crippen LogP contribution in [0.3, 0.4) is 0 Å². The number of carbonyl (C=O) groups is 2. The van der Waals surface area contributed by atoms with E-state index in [4.69, 9.17) is 4.42 Å². The molecule has 0 bridgehead atoms. The molecule has 0 saturated heterocycles. The molecule has 1 fully saturated rings. The SMILES string of the molecule is O=C(NCCCC1CCCC1)c1ccc(NC(=O)c2ccc(Br)o2)cc1. The van der Waals surface area contributed by atoms with Crippen molar-refractivity contribution in [3.8, 4) is 0 Å². The van der Waals surface area contributed by atoms with E-state index in [1.165, 1.54) is 32.1 Å². The summed E-state index contributed by atoms with van der Waals surface area (Å²) in [4.78, 5) is 24.2. The zero-order chi connectivity index (χ0) is 18.4. The van der Waals surface area contributed by atoms with Crippen molar-refractivity contribution in [2.75, 3.05) is 11.9 Å². The fraction of sp³-hybridized carbons (Fsp3) is 0.400. The first-order valence-electron chi connectivity index (χ1n) is 9.07. The summed E-state index contributed by atoms with van der Waals surface area (Å²) in [6, 6.07) is 10.1. The maximum Gasteiger partial charge on any atom is 0.291 e. The number of nitrogens with one attached hydrogen (secondary N) is 2. The second kappa shape index (κ2) is 9.03. The van der Waals surface area contributed by atoms with Gasteiger partial charge in [-0.25, -0.2) is 0 Å². The lowest BCUT2D eigenvalue weighted by Crippen LogP contribution is -2.24. The molecule has 0 spiro atoms. The fourth-order valence-corrected chi connectivity index (χ4v) is 3.63. The summed E-state index contributed by atoms with van der Waals surface area (Å²) in [7, 11) is 0. The van der Waals surface area contributed by atoms with Gasteiger partial charge in [-0.2, -0.15) is 0 Å². The molecule has 2 N–H and O–H groups in total. The number of hydrogen-bond donors (Lipinski definition) is 2. The molecule has 2 aromatic rings. The molecule has 0 unspecified atom stereocenters. The topological polar surface area (TPSA) is 71.3 Å². The van der Waals surface area contributed by atoms with Gasteiger partial charge >= 0.3 is 0 Å². The van der Waals surface area contributed by atoms with Crippen LogP contribution in [-0.2, 0) is 0 Å². The first kappa shape index (κ1) is 18.7. The van der Waals surface area contributed by atoms with Crippen molar-refractivity contribution in [2.24, 2.45) is 5.92 Å². The van der Waals surface area contributed by atoms with E-state index in [0.717, 1.165) is 12.3 Å². The Labute approximate surface area is 161 Å². The Morgan fingerprint density at radius 1 is 1.04 bits per heavy atom. The number of carbonyl (C=O) groups excluding carboxylic acids is 2. The predicted molar refractivity (Wildman–Crippen MR) is 104 cm³/mol. The third-order valence-corrected chi connectivity index (χ3v) is 5.18. The van der Waals surface area contributed by atoms with E-state index in [0.29, 0.717) is 22.5 Å². The second-order valence-corrected chi connectivity index (χ2v) is 7.47. The molecule has 5 nitrogen and oxygen atoms in total. The molecule has 3 rings (SSSR count). The lowest BCUT2D eigenvalue weighted by atomic mass is 10.0. The molecule has 0 aliphatic heterocycles. The minimum absolute atomic E-state index is 0.0794. The van der Waals surface area contributed by atoms with E-state index >= 15 is 0 Å². The van der Waals surface area contributed by atoms with Crippen LogP contribution in [0.1, 0.15) is 59.4 Å². The van der Waals surface area contributed by atoms with Crippen LogP contribution in [-0.4, -0.2) is 18.4 Å². The maximum absolute atomic E-state index is 12.2. The molecule has 1 aromatic carbocycles. The van der Waals surface area contributed by atoms with Gasteiger partial charge in [0.1, 0.15) is 0 Å². The molecule has 1 heterocycles. The van der Waals surface area contributed by atoms with Gasteiger partial charge in [-0.15, -0.1) is 0 Å². The highest BCUT2D eigenvalue weighted by atomic mass is 79.9. The molecule has 0 radical (unpaired) electrons. The van der Waals surface area contributed by atoms with E-state index in [1.54, 1.807) is 36.4 Å². The Morgan fingerprint density at radius 2 is 1.77 bits per heavy atom. The van der Waals surface area contributed by atoms with Crippen molar-refractivity contribution in [1.29, 1.82) is 0 Å². The van der Waals surface area contributed by atoms with Crippen LogP contribution in [0.5, 0.6) is 0 Å². The van der Waals surface area contributed by atoms with Gasteiger partial charge in [0, 0.05) is 17.8 Å². The zero-order valence-corrected chi connectivity index (χ0v) is 16.2. The van der Waals surface area contributed by atoms with Crippen LogP contribution in [0.15, 0.2) is 45.5 Å². The third-order valence-electron chi connectivity index (χ3n) is 4.75. The van der Waals surface area contributed by atoms with Crippen molar-refractivity contribution in [2.45, 2.75) is 38.5 Å². The van der Waals surface area contributed by atoms with E-state index in [-0.39, 0.29) is 17.6 Å². The first-order valence-corrected chi connectivity index (χ1v) is 9.86. The summed E-state index contributed by atoms with van der Waals surface area (Å²) < 4.78 is 5.71. The molecule has 6 heteroatoms. The highest BCUT2D eigenvalue weighted by molar-refractivity contribution is 9.10. The Balaban J connectivity index is 1.44. The van der Waals surface area contributed by atoms with Crippen LogP contribution < -0.4 is 10.6 Å². The van der Waals surface area contributed by atoms with Crippen molar-refractivity contribution in [1.82, 2.24) is 5.32 Å². The number of furan rings is 1. The molecule has 1 aromatic heterocycles. The average molecular weight is 419 g/mol. The summed E-state index contributed by atoms with van der Waals surface area (Å²) in [6.07, 6.45) is 7.64. The van der Waals surface area contributed by atoms with Gasteiger partial charge in [-0.1, -0.05) is 25.7 Å². The largest absolute Gasteiger partial charge is 0.444 e. The Morgan fingerprint density at radius 3 is 2.42 bits per heavy atom. The zero-order valence-electron chi connectivity index (χ0n) is 14.6. The van der Waals surface area contributed by atoms with Crippen molar-refractivity contribution >= 4 is 33.4 Å². The van der Waals surface area contributed by atoms with Gasteiger partial charge < -0.3 is 15.1 Å². The molecule has 1 aliphatic rings. The van der Waals surface area contributed by atoms with Gasteiger partial charge in [-0.3, -0.25) is 9.59 Å². The van der Waals surface area contributed by atoms with E-state index in [1.807, 2.05) is 0 Å². The molecule has 0 atom stereocenters. The van der Waals surface area contributed by atoms with E-state index < -0.39 is 0 Å². The molecule has 138 valence electrons. The molecular weight excluding hydrogens is 396 g/mol. The number of hydrogen-bond acceptors (Lipinski definition) is 3. The summed E-state index contributed by atoms with van der Waals surface area (Å²) in [5.74, 6) is 0.662. The molecule has 2 amide bonds. The lowest BCUT2D eigenvalue weighted by molar-refractivity contribution is 0.0951. The third kappa shape index (κ3) is 5.21. The summed E-state index contributed by atoms with van der Waals surface area (Å²) in [6.45, 7) is 0.710. The van der Waals surface area contributed by atoms with Gasteiger partial charge in [0.05, 0.1) is 0 Å². The summed E-state index contributed by atoms with van der Waals surface area (Å²) in [5, 5.41) is 5.70. The Hall–Kier alpha value is -2.08. The fourth-order valence-electron chi connectivity index (χ4n) is 3.33. The van der Waals surface area contributed by atoms with Crippen molar-refractivity contribution in [3.63, 3.8) is 0 Å². The van der Waals surface area contributed by atoms with Gasteiger partial charge in [0.25, 0.3) is 11.8 Å². The van der Waals surface area contributed by atoms with Crippen LogP contribution in [0.4, 0.5) is 5.69 Å². The lowest BCUT2D eigenvalue weighted by Gasteiger charge is -2.10. The number of amides is 2. The van der Waals surface area contributed by atoms with E-state index in [9.17, 15) is 9.59 Å². The number of halogens is 1. The minimum atomic E-state index is -0.334. The molecular formula is C20H23BrN2O3. The molecule has 26 heavy (non-hydrogen) atoms. The highest BCUT2D eigenvalue weighted by Crippen LogP contribution is 2.28. The molecule has 1 aliphatic carbocycles. The smallest absolute Gasteiger partial charge is 0.291 e. The van der Waals surface area contributed by atoms with Gasteiger partial charge in [-0.05, 0) is 71.1 Å². The molecule has 1 saturated carbocycles. The monoisotopic (exact) mass is 418 g/mol.